The molecule has 3 rings (SSSR count). The van der Waals surface area contributed by atoms with Gasteiger partial charge in [-0.15, -0.1) is 11.3 Å². The van der Waals surface area contributed by atoms with Gasteiger partial charge in [0.05, 0.1) is 17.1 Å². The summed E-state index contributed by atoms with van der Waals surface area (Å²) in [5.41, 5.74) is 0.879. The van der Waals surface area contributed by atoms with E-state index in [4.69, 9.17) is 11.6 Å². The lowest BCUT2D eigenvalue weighted by molar-refractivity contribution is -0.141. The van der Waals surface area contributed by atoms with Gasteiger partial charge in [0, 0.05) is 10.9 Å². The minimum atomic E-state index is -0.512. The molecule has 0 saturated heterocycles. The standard InChI is InChI=1S/C15H11ClN2O3S/c1-21-12(19)8-18-14-10(7-11(16)22-14)13(17-15(18)20)9-5-3-2-4-6-9/h2-7H,8H2,1H3. The lowest BCUT2D eigenvalue weighted by Gasteiger charge is -2.08. The first-order valence-corrected chi connectivity index (χ1v) is 7.61. The maximum atomic E-state index is 12.3. The van der Waals surface area contributed by atoms with Crippen LogP contribution < -0.4 is 5.69 Å². The van der Waals surface area contributed by atoms with Gasteiger partial charge in [0.1, 0.15) is 11.4 Å². The third-order valence-corrected chi connectivity index (χ3v) is 4.47. The number of fused-ring (bicyclic) bond motifs is 1. The fourth-order valence-electron chi connectivity index (χ4n) is 2.17. The second-order valence-corrected chi connectivity index (χ2v) is 6.20. The quantitative estimate of drug-likeness (QED) is 0.691. The number of thiophene rings is 1. The Kier molecular flexibility index (Phi) is 3.96. The molecule has 2 heterocycles. The van der Waals surface area contributed by atoms with Crippen LogP contribution in [0.5, 0.6) is 0 Å². The molecule has 0 aliphatic carbocycles. The van der Waals surface area contributed by atoms with Crippen molar-refractivity contribution in [2.75, 3.05) is 7.11 Å². The molecule has 0 unspecified atom stereocenters. The maximum Gasteiger partial charge on any atom is 0.349 e. The van der Waals surface area contributed by atoms with Crippen molar-refractivity contribution in [3.05, 3.63) is 51.2 Å². The Balaban J connectivity index is 2.28. The molecule has 112 valence electrons. The van der Waals surface area contributed by atoms with Crippen molar-refractivity contribution in [1.29, 1.82) is 0 Å². The first kappa shape index (κ1) is 14.7. The number of ether oxygens (including phenoxy) is 1. The van der Waals surface area contributed by atoms with Gasteiger partial charge in [-0.1, -0.05) is 41.9 Å². The molecule has 3 aromatic rings. The van der Waals surface area contributed by atoms with Crippen LogP contribution in [0.1, 0.15) is 0 Å². The van der Waals surface area contributed by atoms with E-state index in [0.717, 1.165) is 10.9 Å². The van der Waals surface area contributed by atoms with Crippen molar-refractivity contribution >= 4 is 39.1 Å². The number of methoxy groups -OCH3 is 1. The Morgan fingerprint density at radius 2 is 2.09 bits per heavy atom. The SMILES string of the molecule is COC(=O)Cn1c(=O)nc(-c2ccccc2)c2cc(Cl)sc21. The number of hydrogen-bond donors (Lipinski definition) is 0. The summed E-state index contributed by atoms with van der Waals surface area (Å²) in [6.45, 7) is -0.190. The van der Waals surface area contributed by atoms with Gasteiger partial charge in [0.25, 0.3) is 0 Å². The Bertz CT molecular complexity index is 902. The van der Waals surface area contributed by atoms with Crippen molar-refractivity contribution < 1.29 is 9.53 Å². The zero-order chi connectivity index (χ0) is 15.7. The van der Waals surface area contributed by atoms with E-state index in [2.05, 4.69) is 9.72 Å². The summed E-state index contributed by atoms with van der Waals surface area (Å²) in [7, 11) is 1.28. The molecule has 0 aliphatic rings. The van der Waals surface area contributed by atoms with Gasteiger partial charge in [-0.2, -0.15) is 4.98 Å². The molecule has 0 amide bonds. The minimum absolute atomic E-state index is 0.190. The number of esters is 1. The van der Waals surface area contributed by atoms with E-state index in [1.54, 1.807) is 6.07 Å². The predicted molar refractivity (Wildman–Crippen MR) is 86.3 cm³/mol. The highest BCUT2D eigenvalue weighted by Gasteiger charge is 2.17. The molecule has 0 N–H and O–H groups in total. The molecule has 1 aromatic carbocycles. The van der Waals surface area contributed by atoms with Gasteiger partial charge in [-0.05, 0) is 6.07 Å². The maximum absolute atomic E-state index is 12.3. The van der Waals surface area contributed by atoms with E-state index in [9.17, 15) is 9.59 Å². The number of nitrogens with zero attached hydrogens (tertiary/aromatic N) is 2. The summed E-state index contributed by atoms with van der Waals surface area (Å²) in [6, 6.07) is 11.1. The fraction of sp³-hybridized carbons (Fsp3) is 0.133. The monoisotopic (exact) mass is 334 g/mol. The highest BCUT2D eigenvalue weighted by Crippen LogP contribution is 2.34. The summed E-state index contributed by atoms with van der Waals surface area (Å²) < 4.78 is 6.43. The number of halogens is 1. The van der Waals surface area contributed by atoms with Crippen LogP contribution in [0, 0.1) is 0 Å². The average molecular weight is 335 g/mol. The molecule has 0 aliphatic heterocycles. The van der Waals surface area contributed by atoms with Gasteiger partial charge in [0.15, 0.2) is 0 Å². The Hall–Kier alpha value is -2.18. The van der Waals surface area contributed by atoms with Crippen LogP contribution in [0.4, 0.5) is 0 Å². The van der Waals surface area contributed by atoms with Gasteiger partial charge < -0.3 is 4.74 Å². The summed E-state index contributed by atoms with van der Waals surface area (Å²) >= 11 is 7.33. The van der Waals surface area contributed by atoms with Crippen molar-refractivity contribution in [2.24, 2.45) is 0 Å². The van der Waals surface area contributed by atoms with Crippen LogP contribution in [0.15, 0.2) is 41.2 Å². The molecule has 5 nitrogen and oxygen atoms in total. The Labute approximate surface area is 134 Å². The van der Waals surface area contributed by atoms with E-state index < -0.39 is 11.7 Å². The molecular formula is C15H11ClN2O3S. The molecule has 7 heteroatoms. The summed E-state index contributed by atoms with van der Waals surface area (Å²) in [5.74, 6) is -0.512. The minimum Gasteiger partial charge on any atom is -0.468 e. The molecule has 22 heavy (non-hydrogen) atoms. The molecule has 0 fully saturated rings. The second-order valence-electron chi connectivity index (χ2n) is 4.54. The molecular weight excluding hydrogens is 324 g/mol. The first-order valence-electron chi connectivity index (χ1n) is 6.42. The predicted octanol–water partition coefficient (Wildman–Crippen LogP) is 2.95. The van der Waals surface area contributed by atoms with E-state index in [1.165, 1.54) is 23.0 Å². The first-order chi connectivity index (χ1) is 10.6. The highest BCUT2D eigenvalue weighted by molar-refractivity contribution is 7.22. The van der Waals surface area contributed by atoms with Gasteiger partial charge in [-0.3, -0.25) is 9.36 Å². The average Bonchev–Trinajstić information content (AvgIpc) is 2.92. The fourth-order valence-corrected chi connectivity index (χ4v) is 3.38. The van der Waals surface area contributed by atoms with Crippen LogP contribution >= 0.6 is 22.9 Å². The zero-order valence-electron chi connectivity index (χ0n) is 11.6. The molecule has 0 spiro atoms. The number of aromatic nitrogens is 2. The number of carbonyl (C=O) groups excluding carboxylic acids is 1. The Morgan fingerprint density at radius 1 is 1.36 bits per heavy atom. The zero-order valence-corrected chi connectivity index (χ0v) is 13.1. The van der Waals surface area contributed by atoms with E-state index in [1.807, 2.05) is 30.3 Å². The smallest absolute Gasteiger partial charge is 0.349 e. The van der Waals surface area contributed by atoms with Gasteiger partial charge >= 0.3 is 11.7 Å². The van der Waals surface area contributed by atoms with Crippen LogP contribution in [0.3, 0.4) is 0 Å². The normalized spacial score (nSPS) is 10.8. The summed E-state index contributed by atoms with van der Waals surface area (Å²) in [5, 5.41) is 0.740. The van der Waals surface area contributed by atoms with Crippen molar-refractivity contribution in [2.45, 2.75) is 6.54 Å². The highest BCUT2D eigenvalue weighted by atomic mass is 35.5. The van der Waals surface area contributed by atoms with E-state index in [0.29, 0.717) is 14.9 Å². The second kappa shape index (κ2) is 5.90. The number of rotatable bonds is 3. The lowest BCUT2D eigenvalue weighted by Crippen LogP contribution is -2.27. The van der Waals surface area contributed by atoms with Crippen LogP contribution in [0.25, 0.3) is 21.5 Å². The third kappa shape index (κ3) is 2.63. The van der Waals surface area contributed by atoms with Crippen LogP contribution in [-0.2, 0) is 16.1 Å². The van der Waals surface area contributed by atoms with Crippen LogP contribution in [-0.4, -0.2) is 22.6 Å². The molecule has 0 radical (unpaired) electrons. The molecule has 0 bridgehead atoms. The van der Waals surface area contributed by atoms with Crippen molar-refractivity contribution in [3.8, 4) is 11.3 Å². The Morgan fingerprint density at radius 3 is 2.77 bits per heavy atom. The van der Waals surface area contributed by atoms with E-state index in [-0.39, 0.29) is 6.54 Å². The van der Waals surface area contributed by atoms with Crippen molar-refractivity contribution in [3.63, 3.8) is 0 Å². The number of benzene rings is 1. The summed E-state index contributed by atoms with van der Waals surface area (Å²) in [4.78, 5) is 28.5. The summed E-state index contributed by atoms with van der Waals surface area (Å²) in [6.07, 6.45) is 0. The van der Waals surface area contributed by atoms with Crippen LogP contribution in [0.2, 0.25) is 4.34 Å². The van der Waals surface area contributed by atoms with E-state index >= 15 is 0 Å². The molecule has 0 atom stereocenters. The molecule has 0 saturated carbocycles. The largest absolute Gasteiger partial charge is 0.468 e. The number of hydrogen-bond acceptors (Lipinski definition) is 5. The van der Waals surface area contributed by atoms with Gasteiger partial charge in [-0.25, -0.2) is 4.79 Å². The van der Waals surface area contributed by atoms with Gasteiger partial charge in [0.2, 0.25) is 0 Å². The molecule has 2 aromatic heterocycles. The number of carbonyl (C=O) groups is 1. The van der Waals surface area contributed by atoms with Crippen molar-refractivity contribution in [1.82, 2.24) is 9.55 Å². The lowest BCUT2D eigenvalue weighted by atomic mass is 10.1. The third-order valence-electron chi connectivity index (χ3n) is 3.18. The topological polar surface area (TPSA) is 61.2 Å².